The van der Waals surface area contributed by atoms with Crippen molar-refractivity contribution in [2.75, 3.05) is 23.7 Å². The van der Waals surface area contributed by atoms with Gasteiger partial charge in [-0.15, -0.1) is 0 Å². The summed E-state index contributed by atoms with van der Waals surface area (Å²) < 4.78 is 26.1. The first-order valence-electron chi connectivity index (χ1n) is 6.16. The molecule has 1 aromatic rings. The van der Waals surface area contributed by atoms with E-state index in [0.717, 1.165) is 12.8 Å². The van der Waals surface area contributed by atoms with Crippen molar-refractivity contribution in [1.82, 2.24) is 0 Å². The van der Waals surface area contributed by atoms with Crippen molar-refractivity contribution in [3.05, 3.63) is 23.8 Å². The summed E-state index contributed by atoms with van der Waals surface area (Å²) in [6.07, 6.45) is -0.954. The van der Waals surface area contributed by atoms with Crippen LogP contribution in [-0.4, -0.2) is 19.0 Å². The van der Waals surface area contributed by atoms with Gasteiger partial charge in [-0.3, -0.25) is 4.79 Å². The van der Waals surface area contributed by atoms with Crippen molar-refractivity contribution in [2.45, 2.75) is 26.2 Å². The van der Waals surface area contributed by atoms with E-state index in [4.69, 9.17) is 11.5 Å². The Hall–Kier alpha value is -1.85. The molecule has 4 N–H and O–H groups in total. The maximum Gasteiger partial charge on any atom is 0.265 e. The SMILES string of the molecule is CCCCN(CC(N)=O)c1ccc(N)cc1C(F)F. The molecule has 0 saturated heterocycles. The lowest BCUT2D eigenvalue weighted by molar-refractivity contribution is -0.116. The zero-order chi connectivity index (χ0) is 14.4. The van der Waals surface area contributed by atoms with Gasteiger partial charge in [-0.1, -0.05) is 13.3 Å². The summed E-state index contributed by atoms with van der Waals surface area (Å²) >= 11 is 0. The number of halogens is 2. The average Bonchev–Trinajstić information content (AvgIpc) is 2.34. The van der Waals surface area contributed by atoms with Crippen molar-refractivity contribution in [1.29, 1.82) is 0 Å². The minimum Gasteiger partial charge on any atom is -0.399 e. The molecule has 0 fully saturated rings. The van der Waals surface area contributed by atoms with Gasteiger partial charge in [-0.25, -0.2) is 8.78 Å². The van der Waals surface area contributed by atoms with Crippen LogP contribution in [0.25, 0.3) is 0 Å². The molecular formula is C13H19F2N3O. The van der Waals surface area contributed by atoms with Gasteiger partial charge in [0.25, 0.3) is 6.43 Å². The maximum absolute atomic E-state index is 13.0. The number of carbonyl (C=O) groups excluding carboxylic acids is 1. The fraction of sp³-hybridized carbons (Fsp3) is 0.462. The molecule has 1 rings (SSSR count). The molecule has 1 aromatic carbocycles. The summed E-state index contributed by atoms with van der Waals surface area (Å²) in [7, 11) is 0. The Balaban J connectivity index is 3.09. The Morgan fingerprint density at radius 1 is 1.42 bits per heavy atom. The van der Waals surface area contributed by atoms with E-state index in [1.54, 1.807) is 11.0 Å². The molecule has 1 amide bonds. The van der Waals surface area contributed by atoms with E-state index in [9.17, 15) is 13.6 Å². The van der Waals surface area contributed by atoms with Crippen LogP contribution in [0.5, 0.6) is 0 Å². The van der Waals surface area contributed by atoms with Crippen molar-refractivity contribution >= 4 is 17.3 Å². The predicted molar refractivity (Wildman–Crippen MR) is 72.1 cm³/mol. The van der Waals surface area contributed by atoms with Crippen molar-refractivity contribution in [3.63, 3.8) is 0 Å². The second-order valence-electron chi connectivity index (χ2n) is 4.36. The molecule has 0 atom stereocenters. The van der Waals surface area contributed by atoms with E-state index in [-0.39, 0.29) is 17.8 Å². The minimum absolute atomic E-state index is 0.0797. The number of benzene rings is 1. The van der Waals surface area contributed by atoms with Gasteiger partial charge < -0.3 is 16.4 Å². The summed E-state index contributed by atoms with van der Waals surface area (Å²) in [5.74, 6) is -0.548. The lowest BCUT2D eigenvalue weighted by Gasteiger charge is -2.26. The fourth-order valence-corrected chi connectivity index (χ4v) is 1.86. The summed E-state index contributed by atoms with van der Waals surface area (Å²) in [6.45, 7) is 2.41. The highest BCUT2D eigenvalue weighted by molar-refractivity contribution is 5.80. The van der Waals surface area contributed by atoms with Crippen LogP contribution in [0.1, 0.15) is 31.8 Å². The lowest BCUT2D eigenvalue weighted by Crippen LogP contribution is -2.35. The van der Waals surface area contributed by atoms with Gasteiger partial charge >= 0.3 is 0 Å². The van der Waals surface area contributed by atoms with Crippen LogP contribution >= 0.6 is 0 Å². The first-order chi connectivity index (χ1) is 8.95. The topological polar surface area (TPSA) is 72.3 Å². The summed E-state index contributed by atoms with van der Waals surface area (Å²) in [6, 6.07) is 4.29. The molecule has 19 heavy (non-hydrogen) atoms. The van der Waals surface area contributed by atoms with E-state index in [0.29, 0.717) is 12.2 Å². The third-order valence-electron chi connectivity index (χ3n) is 2.76. The van der Waals surface area contributed by atoms with Crippen LogP contribution in [0.15, 0.2) is 18.2 Å². The van der Waals surface area contributed by atoms with Crippen molar-refractivity contribution in [2.24, 2.45) is 5.73 Å². The smallest absolute Gasteiger partial charge is 0.265 e. The maximum atomic E-state index is 13.0. The molecule has 0 aliphatic heterocycles. The number of carbonyl (C=O) groups is 1. The number of hydrogen-bond acceptors (Lipinski definition) is 3. The Labute approximate surface area is 111 Å². The number of unbranched alkanes of at least 4 members (excludes halogenated alkanes) is 1. The predicted octanol–water partition coefficient (Wildman–Crippen LogP) is 2.30. The van der Waals surface area contributed by atoms with Crippen LogP contribution in [0, 0.1) is 0 Å². The van der Waals surface area contributed by atoms with Gasteiger partial charge in [0.15, 0.2) is 0 Å². The highest BCUT2D eigenvalue weighted by Crippen LogP contribution is 2.31. The zero-order valence-electron chi connectivity index (χ0n) is 10.9. The van der Waals surface area contributed by atoms with E-state index in [1.807, 2.05) is 6.92 Å². The number of primary amides is 1. The molecule has 6 heteroatoms. The Morgan fingerprint density at radius 2 is 2.11 bits per heavy atom. The first kappa shape index (κ1) is 15.2. The van der Waals surface area contributed by atoms with Gasteiger partial charge in [0.05, 0.1) is 6.54 Å². The van der Waals surface area contributed by atoms with Gasteiger partial charge in [0.1, 0.15) is 0 Å². The molecule has 0 aliphatic carbocycles. The second kappa shape index (κ2) is 6.92. The van der Waals surface area contributed by atoms with Crippen molar-refractivity contribution in [3.8, 4) is 0 Å². The summed E-state index contributed by atoms with van der Waals surface area (Å²) in [5.41, 5.74) is 11.1. The van der Waals surface area contributed by atoms with Gasteiger partial charge in [-0.2, -0.15) is 0 Å². The highest BCUT2D eigenvalue weighted by Gasteiger charge is 2.19. The number of nitrogen functional groups attached to an aromatic ring is 1. The standard InChI is InChI=1S/C13H19F2N3O/c1-2-3-6-18(8-12(17)19)11-5-4-9(16)7-10(11)13(14)15/h4-5,7,13H,2-3,6,8,16H2,1H3,(H2,17,19). The van der Waals surface area contributed by atoms with Crippen LogP contribution in [0.4, 0.5) is 20.2 Å². The molecule has 0 aromatic heterocycles. The highest BCUT2D eigenvalue weighted by atomic mass is 19.3. The molecule has 106 valence electrons. The zero-order valence-corrected chi connectivity index (χ0v) is 10.9. The molecule has 4 nitrogen and oxygen atoms in total. The van der Waals surface area contributed by atoms with Gasteiger partial charge in [-0.05, 0) is 24.6 Å². The van der Waals surface area contributed by atoms with E-state index in [1.165, 1.54) is 12.1 Å². The number of rotatable bonds is 7. The Morgan fingerprint density at radius 3 is 2.63 bits per heavy atom. The Bertz CT molecular complexity index is 438. The average molecular weight is 271 g/mol. The number of alkyl halides is 2. The molecule has 0 spiro atoms. The molecule has 0 bridgehead atoms. The van der Waals surface area contributed by atoms with Crippen molar-refractivity contribution < 1.29 is 13.6 Å². The van der Waals surface area contributed by atoms with Gasteiger partial charge in [0, 0.05) is 23.5 Å². The second-order valence-corrected chi connectivity index (χ2v) is 4.36. The summed E-state index contributed by atoms with van der Waals surface area (Å²) in [5, 5.41) is 0. The van der Waals surface area contributed by atoms with Crippen LogP contribution < -0.4 is 16.4 Å². The van der Waals surface area contributed by atoms with Gasteiger partial charge in [0.2, 0.25) is 5.91 Å². The molecule has 0 radical (unpaired) electrons. The normalized spacial score (nSPS) is 10.7. The van der Waals surface area contributed by atoms with Crippen LogP contribution in [-0.2, 0) is 4.79 Å². The van der Waals surface area contributed by atoms with E-state index >= 15 is 0 Å². The minimum atomic E-state index is -2.64. The van der Waals surface area contributed by atoms with Crippen LogP contribution in [0.2, 0.25) is 0 Å². The third-order valence-corrected chi connectivity index (χ3v) is 2.76. The lowest BCUT2D eigenvalue weighted by atomic mass is 10.1. The quantitative estimate of drug-likeness (QED) is 0.747. The summed E-state index contributed by atoms with van der Waals surface area (Å²) in [4.78, 5) is 12.6. The monoisotopic (exact) mass is 271 g/mol. The third kappa shape index (κ3) is 4.39. The van der Waals surface area contributed by atoms with Crippen LogP contribution in [0.3, 0.4) is 0 Å². The first-order valence-corrected chi connectivity index (χ1v) is 6.16. The van der Waals surface area contributed by atoms with E-state index < -0.39 is 12.3 Å². The fourth-order valence-electron chi connectivity index (χ4n) is 1.86. The molecular weight excluding hydrogens is 252 g/mol. The number of nitrogens with two attached hydrogens (primary N) is 2. The number of nitrogens with zero attached hydrogens (tertiary/aromatic N) is 1. The largest absolute Gasteiger partial charge is 0.399 e. The number of anilines is 2. The molecule has 0 saturated carbocycles. The molecule has 0 aliphatic rings. The molecule has 0 unspecified atom stereocenters. The Kier molecular flexibility index (Phi) is 5.54. The number of amides is 1. The number of hydrogen-bond donors (Lipinski definition) is 2. The molecule has 0 heterocycles. The van der Waals surface area contributed by atoms with E-state index in [2.05, 4.69) is 0 Å².